The number of para-hydroxylation sites is 2. The number of nitrogens with one attached hydrogen (secondary N) is 1. The predicted octanol–water partition coefficient (Wildman–Crippen LogP) is 9.68. The van der Waals surface area contributed by atoms with Crippen LogP contribution in [0.15, 0.2) is 152 Å². The van der Waals surface area contributed by atoms with E-state index in [1.165, 1.54) is 21.5 Å². The first kappa shape index (κ1) is 33.2. The van der Waals surface area contributed by atoms with Gasteiger partial charge in [-0.15, -0.1) is 0 Å². The molecule has 1 unspecified atom stereocenters. The van der Waals surface area contributed by atoms with Crippen LogP contribution < -0.4 is 25.4 Å². The zero-order valence-electron chi connectivity index (χ0n) is 28.7. The predicted molar refractivity (Wildman–Crippen MR) is 209 cm³/mol. The Bertz CT molecular complexity index is 2050. The molecule has 49 heavy (non-hydrogen) atoms. The van der Waals surface area contributed by atoms with E-state index in [1.54, 1.807) is 0 Å². The monoisotopic (exact) mass is 679 g/mol. The van der Waals surface area contributed by atoms with Crippen LogP contribution in [0.25, 0.3) is 11.1 Å². The number of hydrogen-bond donors (Lipinski definition) is 1. The lowest BCUT2D eigenvalue weighted by Crippen LogP contribution is -2.37. The Morgan fingerprint density at radius 2 is 1.12 bits per heavy atom. The third kappa shape index (κ3) is 6.54. The van der Waals surface area contributed by atoms with E-state index in [0.717, 1.165) is 39.3 Å². The molecule has 0 bridgehead atoms. The van der Waals surface area contributed by atoms with E-state index in [4.69, 9.17) is 4.74 Å². The van der Waals surface area contributed by atoms with Gasteiger partial charge in [-0.1, -0.05) is 166 Å². The maximum Gasteiger partial charge on any atom is 0.139 e. The average molecular weight is 680 g/mol. The van der Waals surface area contributed by atoms with Crippen LogP contribution in [0.5, 0.6) is 11.5 Å². The minimum Gasteiger partial charge on any atom is -0.456 e. The lowest BCUT2D eigenvalue weighted by molar-refractivity contribution is 0.413. The summed E-state index contributed by atoms with van der Waals surface area (Å²) in [5.41, 5.74) is 6.25. The molecule has 7 rings (SSSR count). The quantitative estimate of drug-likeness (QED) is 0.163. The summed E-state index contributed by atoms with van der Waals surface area (Å²) >= 11 is 0. The van der Waals surface area contributed by atoms with Crippen LogP contribution in [0.3, 0.4) is 0 Å². The maximum atomic E-state index is 13.8. The second-order valence-electron chi connectivity index (χ2n) is 14.0. The highest BCUT2D eigenvalue weighted by molar-refractivity contribution is 7.84. The average Bonchev–Trinajstić information content (AvgIpc) is 3.12. The van der Waals surface area contributed by atoms with Crippen molar-refractivity contribution in [3.8, 4) is 22.6 Å². The lowest BCUT2D eigenvalue weighted by atomic mass is 9.74. The summed E-state index contributed by atoms with van der Waals surface area (Å²) in [5.74, 6) is 1.75. The molecule has 0 radical (unpaired) electrons. The largest absolute Gasteiger partial charge is 0.456 e. The summed E-state index contributed by atoms with van der Waals surface area (Å²) in [6.45, 7) is 10.6. The van der Waals surface area contributed by atoms with Gasteiger partial charge in [0.2, 0.25) is 0 Å². The smallest absolute Gasteiger partial charge is 0.139 e. The van der Waals surface area contributed by atoms with E-state index in [9.17, 15) is 4.21 Å². The van der Waals surface area contributed by atoms with Gasteiger partial charge >= 0.3 is 0 Å². The first-order valence-electron chi connectivity index (χ1n) is 16.8. The van der Waals surface area contributed by atoms with Gasteiger partial charge in [0.05, 0.1) is 21.8 Å². The molecule has 0 fully saturated rings. The molecule has 3 nitrogen and oxygen atoms in total. The van der Waals surface area contributed by atoms with Gasteiger partial charge in [-0.3, -0.25) is 0 Å². The van der Waals surface area contributed by atoms with E-state index >= 15 is 0 Å². The molecule has 246 valence electrons. The maximum absolute atomic E-state index is 13.8. The highest BCUT2D eigenvalue weighted by Gasteiger charge is 2.39. The Morgan fingerprint density at radius 3 is 1.69 bits per heavy atom. The third-order valence-electron chi connectivity index (χ3n) is 9.30. The van der Waals surface area contributed by atoms with Crippen molar-refractivity contribution in [2.45, 2.75) is 50.8 Å². The highest BCUT2D eigenvalue weighted by Crippen LogP contribution is 2.52. The summed E-state index contributed by atoms with van der Waals surface area (Å²) in [7, 11) is -2.24. The van der Waals surface area contributed by atoms with Gasteiger partial charge in [0.15, 0.2) is 0 Å². The van der Waals surface area contributed by atoms with Gasteiger partial charge in [0, 0.05) is 27.4 Å². The molecule has 0 saturated carbocycles. The van der Waals surface area contributed by atoms with Crippen molar-refractivity contribution in [3.05, 3.63) is 174 Å². The molecule has 1 heterocycles. The lowest BCUT2D eigenvalue weighted by Gasteiger charge is -2.38. The van der Waals surface area contributed by atoms with Crippen molar-refractivity contribution < 1.29 is 8.95 Å². The SMILES string of the molecule is CC1(C)c2cccc(C(N[S@](=O)C(C)(C)C)c3ccc(-c4ccccc4)cc3)c2Oc2c(P(c3ccccc3)c3ccccc3)cccc21. The fourth-order valence-electron chi connectivity index (χ4n) is 6.61. The molecule has 1 aliphatic rings. The van der Waals surface area contributed by atoms with Gasteiger partial charge in [0.25, 0.3) is 0 Å². The van der Waals surface area contributed by atoms with E-state index in [0.29, 0.717) is 0 Å². The van der Waals surface area contributed by atoms with Crippen LogP contribution in [0.1, 0.15) is 62.9 Å². The molecule has 0 aliphatic carbocycles. The fourth-order valence-corrected chi connectivity index (χ4v) is 9.84. The molecule has 1 aliphatic heterocycles. The fraction of sp³-hybridized carbons (Fsp3) is 0.182. The molecule has 2 atom stereocenters. The van der Waals surface area contributed by atoms with Crippen LogP contribution in [0, 0.1) is 0 Å². The van der Waals surface area contributed by atoms with Gasteiger partial charge in [-0.05, 0) is 56.0 Å². The van der Waals surface area contributed by atoms with E-state index in [-0.39, 0.29) is 11.5 Å². The highest BCUT2D eigenvalue weighted by atomic mass is 32.2. The first-order chi connectivity index (χ1) is 23.6. The second kappa shape index (κ2) is 13.5. The summed E-state index contributed by atoms with van der Waals surface area (Å²) in [6.07, 6.45) is 0. The number of rotatable bonds is 8. The second-order valence-corrected chi connectivity index (χ2v) is 18.2. The summed E-state index contributed by atoms with van der Waals surface area (Å²) in [5, 5.41) is 3.74. The number of ether oxygens (including phenoxy) is 1. The molecule has 5 heteroatoms. The standard InChI is InChI=1S/C44H42NO2PS/c1-43(2,3)49(46)45-40(33-29-27-32(28-30-33)31-17-9-6-10-18-31)36-23-15-24-37-41(36)47-42-38(44(37,4)5)25-16-26-39(42)48(34-19-11-7-12-20-34)35-21-13-8-14-22-35/h6-30,40,45H,1-5H3/t40?,49-/m1/s1. The van der Waals surface area contributed by atoms with Crippen molar-refractivity contribution >= 4 is 34.8 Å². The minimum absolute atomic E-state index is 0.339. The third-order valence-corrected chi connectivity index (χ3v) is 13.3. The Morgan fingerprint density at radius 1 is 0.612 bits per heavy atom. The normalized spacial score (nSPS) is 14.7. The Kier molecular flexibility index (Phi) is 9.15. The molecular weight excluding hydrogens is 638 g/mol. The molecular formula is C44H42NO2PS. The molecule has 6 aromatic rings. The van der Waals surface area contributed by atoms with Crippen molar-refractivity contribution in [1.82, 2.24) is 4.72 Å². The Balaban J connectivity index is 1.38. The van der Waals surface area contributed by atoms with Gasteiger partial charge < -0.3 is 4.74 Å². The Labute approximate surface area is 294 Å². The summed E-state index contributed by atoms with van der Waals surface area (Å²) in [6, 6.07) is 53.2. The zero-order chi connectivity index (χ0) is 34.2. The van der Waals surface area contributed by atoms with Gasteiger partial charge in [-0.25, -0.2) is 8.93 Å². The van der Waals surface area contributed by atoms with Gasteiger partial charge in [-0.2, -0.15) is 0 Å². The zero-order valence-corrected chi connectivity index (χ0v) is 30.4. The molecule has 0 aromatic heterocycles. The van der Waals surface area contributed by atoms with Crippen LogP contribution in [0.4, 0.5) is 0 Å². The topological polar surface area (TPSA) is 38.3 Å². The van der Waals surface area contributed by atoms with Crippen LogP contribution in [-0.4, -0.2) is 8.96 Å². The summed E-state index contributed by atoms with van der Waals surface area (Å²) < 4.78 is 24.1. The molecule has 1 N–H and O–H groups in total. The summed E-state index contributed by atoms with van der Waals surface area (Å²) in [4.78, 5) is 0. The number of benzene rings is 6. The molecule has 6 aromatic carbocycles. The van der Waals surface area contributed by atoms with Crippen LogP contribution in [0.2, 0.25) is 0 Å². The molecule has 0 amide bonds. The van der Waals surface area contributed by atoms with E-state index < -0.39 is 23.7 Å². The van der Waals surface area contributed by atoms with Crippen molar-refractivity contribution in [2.75, 3.05) is 0 Å². The van der Waals surface area contributed by atoms with E-state index in [1.807, 2.05) is 26.8 Å². The van der Waals surface area contributed by atoms with Crippen molar-refractivity contribution in [1.29, 1.82) is 0 Å². The van der Waals surface area contributed by atoms with Crippen molar-refractivity contribution in [2.24, 2.45) is 0 Å². The molecule has 0 saturated heterocycles. The van der Waals surface area contributed by atoms with Crippen molar-refractivity contribution in [3.63, 3.8) is 0 Å². The van der Waals surface area contributed by atoms with E-state index in [2.05, 4.69) is 164 Å². The van der Waals surface area contributed by atoms with Gasteiger partial charge in [0.1, 0.15) is 11.5 Å². The molecule has 0 spiro atoms. The number of fused-ring (bicyclic) bond motifs is 2. The van der Waals surface area contributed by atoms with Crippen LogP contribution >= 0.6 is 7.92 Å². The minimum atomic E-state index is -1.34. The van der Waals surface area contributed by atoms with Crippen LogP contribution in [-0.2, 0) is 16.4 Å². The first-order valence-corrected chi connectivity index (χ1v) is 19.3. The Hall–Kier alpha value is -4.34. The number of hydrogen-bond acceptors (Lipinski definition) is 2.